The second-order valence-corrected chi connectivity index (χ2v) is 6.94. The summed E-state index contributed by atoms with van der Waals surface area (Å²) in [6.45, 7) is 1.88. The normalized spacial score (nSPS) is 15.0. The van der Waals surface area contributed by atoms with Gasteiger partial charge in [0.15, 0.2) is 11.5 Å². The monoisotopic (exact) mass is 418 g/mol. The van der Waals surface area contributed by atoms with Crippen molar-refractivity contribution in [1.29, 1.82) is 5.26 Å². The van der Waals surface area contributed by atoms with E-state index < -0.39 is 5.92 Å². The number of ether oxygens (including phenoxy) is 4. The minimum Gasteiger partial charge on any atom is -0.493 e. The van der Waals surface area contributed by atoms with Crippen molar-refractivity contribution in [3.63, 3.8) is 0 Å². The molecule has 4 rings (SSSR count). The average Bonchev–Trinajstić information content (AvgIpc) is 3.13. The molecule has 2 aromatic carbocycles. The van der Waals surface area contributed by atoms with E-state index >= 15 is 0 Å². The van der Waals surface area contributed by atoms with Crippen LogP contribution in [-0.2, 0) is 0 Å². The molecule has 1 aliphatic rings. The summed E-state index contributed by atoms with van der Waals surface area (Å²) in [6, 6.07) is 15.4. The van der Waals surface area contributed by atoms with Gasteiger partial charge in [0, 0.05) is 0 Å². The maximum atomic E-state index is 9.90. The van der Waals surface area contributed by atoms with Crippen LogP contribution in [0.15, 0.2) is 53.9 Å². The van der Waals surface area contributed by atoms with Crippen molar-refractivity contribution in [3.05, 3.63) is 70.7 Å². The molecule has 0 bridgehead atoms. The lowest BCUT2D eigenvalue weighted by molar-refractivity contribution is 0.323. The highest BCUT2D eigenvalue weighted by Gasteiger charge is 2.37. The number of benzene rings is 2. The van der Waals surface area contributed by atoms with Gasteiger partial charge in [-0.25, -0.2) is 4.68 Å². The predicted molar refractivity (Wildman–Crippen MR) is 114 cm³/mol. The first-order valence-corrected chi connectivity index (χ1v) is 9.56. The fourth-order valence-corrected chi connectivity index (χ4v) is 3.86. The van der Waals surface area contributed by atoms with Crippen molar-refractivity contribution in [1.82, 2.24) is 9.78 Å². The second kappa shape index (κ2) is 7.95. The third-order valence-electron chi connectivity index (χ3n) is 5.25. The molecular formula is C23H22N4O4. The maximum Gasteiger partial charge on any atom is 0.229 e. The van der Waals surface area contributed by atoms with Gasteiger partial charge in [-0.1, -0.05) is 18.2 Å². The van der Waals surface area contributed by atoms with E-state index in [-0.39, 0.29) is 11.5 Å². The average molecular weight is 418 g/mol. The Bertz CT molecular complexity index is 1180. The number of nitriles is 1. The lowest BCUT2D eigenvalue weighted by atomic mass is 9.84. The first-order chi connectivity index (χ1) is 15.0. The maximum absolute atomic E-state index is 9.90. The van der Waals surface area contributed by atoms with E-state index in [9.17, 15) is 5.26 Å². The topological polar surface area (TPSA) is 105 Å². The number of allylic oxidation sites excluding steroid dienone is 1. The van der Waals surface area contributed by atoms with Gasteiger partial charge in [-0.15, -0.1) is 0 Å². The fourth-order valence-electron chi connectivity index (χ4n) is 3.86. The number of rotatable bonds is 5. The molecule has 0 spiro atoms. The summed E-state index contributed by atoms with van der Waals surface area (Å²) >= 11 is 0. The number of nitrogens with zero attached hydrogens (tertiary/aromatic N) is 3. The van der Waals surface area contributed by atoms with Gasteiger partial charge in [-0.3, -0.25) is 0 Å². The number of aryl methyl sites for hydroxylation is 1. The van der Waals surface area contributed by atoms with E-state index in [1.54, 1.807) is 26.0 Å². The fraction of sp³-hybridized carbons (Fsp3) is 0.217. The Morgan fingerprint density at radius 3 is 2.26 bits per heavy atom. The van der Waals surface area contributed by atoms with Gasteiger partial charge in [0.25, 0.3) is 0 Å². The van der Waals surface area contributed by atoms with Gasteiger partial charge in [-0.2, -0.15) is 10.4 Å². The minimum absolute atomic E-state index is 0.0332. The van der Waals surface area contributed by atoms with Gasteiger partial charge in [-0.05, 0) is 36.8 Å². The summed E-state index contributed by atoms with van der Waals surface area (Å²) in [5, 5.41) is 14.6. The van der Waals surface area contributed by atoms with Crippen molar-refractivity contribution in [2.45, 2.75) is 12.8 Å². The number of hydrogen-bond acceptors (Lipinski definition) is 7. The van der Waals surface area contributed by atoms with Crippen molar-refractivity contribution < 1.29 is 18.9 Å². The van der Waals surface area contributed by atoms with Crippen molar-refractivity contribution in [3.8, 4) is 34.9 Å². The molecule has 0 radical (unpaired) electrons. The molecule has 0 amide bonds. The summed E-state index contributed by atoms with van der Waals surface area (Å²) < 4.78 is 24.1. The Morgan fingerprint density at radius 2 is 1.71 bits per heavy atom. The summed E-state index contributed by atoms with van der Waals surface area (Å²) in [5.74, 6) is 1.42. The molecule has 1 atom stereocenters. The first kappa shape index (κ1) is 20.2. The second-order valence-electron chi connectivity index (χ2n) is 6.94. The molecular weight excluding hydrogens is 396 g/mol. The summed E-state index contributed by atoms with van der Waals surface area (Å²) in [5.41, 5.74) is 9.52. The summed E-state index contributed by atoms with van der Waals surface area (Å²) in [6.07, 6.45) is 0. The Hall–Kier alpha value is -4.12. The highest BCUT2D eigenvalue weighted by molar-refractivity contribution is 5.62. The van der Waals surface area contributed by atoms with Crippen LogP contribution in [0.4, 0.5) is 0 Å². The van der Waals surface area contributed by atoms with E-state index in [0.29, 0.717) is 23.1 Å². The number of nitrogens with two attached hydrogens (primary N) is 1. The first-order valence-electron chi connectivity index (χ1n) is 9.56. The molecule has 1 aromatic heterocycles. The number of para-hydroxylation sites is 1. The van der Waals surface area contributed by atoms with Gasteiger partial charge in [0.2, 0.25) is 17.5 Å². The predicted octanol–water partition coefficient (Wildman–Crippen LogP) is 3.42. The van der Waals surface area contributed by atoms with E-state index in [1.807, 2.05) is 49.4 Å². The largest absolute Gasteiger partial charge is 0.493 e. The van der Waals surface area contributed by atoms with Crippen LogP contribution in [0.5, 0.6) is 23.1 Å². The number of aromatic nitrogens is 2. The Morgan fingerprint density at radius 1 is 1.06 bits per heavy atom. The van der Waals surface area contributed by atoms with Gasteiger partial charge in [0.05, 0.1) is 44.2 Å². The molecule has 0 saturated carbocycles. The van der Waals surface area contributed by atoms with E-state index in [0.717, 1.165) is 22.5 Å². The SMILES string of the molecule is COc1cc([C@@H]2C(C#N)=C(N)Oc3c2c(C)nn3-c2ccccc2)cc(OC)c1OC. The molecule has 0 unspecified atom stereocenters. The number of methoxy groups -OCH3 is 3. The molecule has 2 heterocycles. The van der Waals surface area contributed by atoms with Gasteiger partial charge in [0.1, 0.15) is 11.6 Å². The van der Waals surface area contributed by atoms with Crippen LogP contribution >= 0.6 is 0 Å². The van der Waals surface area contributed by atoms with Crippen molar-refractivity contribution >= 4 is 0 Å². The van der Waals surface area contributed by atoms with Crippen LogP contribution in [0.3, 0.4) is 0 Å². The molecule has 2 N–H and O–H groups in total. The van der Waals surface area contributed by atoms with E-state index in [2.05, 4.69) is 11.2 Å². The Balaban J connectivity index is 1.98. The van der Waals surface area contributed by atoms with E-state index in [4.69, 9.17) is 24.7 Å². The van der Waals surface area contributed by atoms with E-state index in [1.165, 1.54) is 0 Å². The quantitative estimate of drug-likeness (QED) is 0.677. The molecule has 0 aliphatic carbocycles. The van der Waals surface area contributed by atoms with Crippen LogP contribution in [0.25, 0.3) is 5.69 Å². The highest BCUT2D eigenvalue weighted by atomic mass is 16.5. The molecule has 1 aliphatic heterocycles. The van der Waals surface area contributed by atoms with Crippen LogP contribution in [0.2, 0.25) is 0 Å². The lowest BCUT2D eigenvalue weighted by Crippen LogP contribution is -2.22. The zero-order valence-electron chi connectivity index (χ0n) is 17.7. The molecule has 0 fully saturated rings. The van der Waals surface area contributed by atoms with Crippen LogP contribution in [0, 0.1) is 18.3 Å². The van der Waals surface area contributed by atoms with Crippen molar-refractivity contribution in [2.24, 2.45) is 5.73 Å². The molecule has 158 valence electrons. The zero-order chi connectivity index (χ0) is 22.1. The number of hydrogen-bond donors (Lipinski definition) is 1. The van der Waals surface area contributed by atoms with Crippen LogP contribution in [0.1, 0.15) is 22.7 Å². The molecule has 8 nitrogen and oxygen atoms in total. The summed E-state index contributed by atoms with van der Waals surface area (Å²) in [4.78, 5) is 0. The van der Waals surface area contributed by atoms with Crippen LogP contribution in [-0.4, -0.2) is 31.1 Å². The third-order valence-corrected chi connectivity index (χ3v) is 5.25. The van der Waals surface area contributed by atoms with Gasteiger partial charge < -0.3 is 24.7 Å². The molecule has 0 saturated heterocycles. The molecule has 8 heteroatoms. The minimum atomic E-state index is -0.514. The standard InChI is InChI=1S/C23H22N4O4/c1-13-19-20(14-10-17(28-2)21(30-4)18(11-14)29-3)16(12-24)22(25)31-23(19)27(26-13)15-8-6-5-7-9-15/h5-11,20H,25H2,1-4H3/t20-/m1/s1. The Labute approximate surface area is 180 Å². The third kappa shape index (κ3) is 3.20. The highest BCUT2D eigenvalue weighted by Crippen LogP contribution is 2.48. The van der Waals surface area contributed by atoms with Crippen LogP contribution < -0.4 is 24.7 Å². The molecule has 3 aromatic rings. The smallest absolute Gasteiger partial charge is 0.229 e. The Kier molecular flexibility index (Phi) is 5.17. The van der Waals surface area contributed by atoms with Gasteiger partial charge >= 0.3 is 0 Å². The molecule has 31 heavy (non-hydrogen) atoms. The van der Waals surface area contributed by atoms with Crippen molar-refractivity contribution in [2.75, 3.05) is 21.3 Å². The lowest BCUT2D eigenvalue weighted by Gasteiger charge is -2.26. The summed E-state index contributed by atoms with van der Waals surface area (Å²) in [7, 11) is 4.63. The number of fused-ring (bicyclic) bond motifs is 1. The zero-order valence-corrected chi connectivity index (χ0v) is 17.7.